The van der Waals surface area contributed by atoms with Crippen molar-refractivity contribution in [3.05, 3.63) is 34.5 Å². The van der Waals surface area contributed by atoms with E-state index >= 15 is 0 Å². The molecule has 82 valence electrons. The molecule has 0 aliphatic rings. The number of nitrogens with one attached hydrogen (secondary N) is 1. The summed E-state index contributed by atoms with van der Waals surface area (Å²) >= 11 is 0. The highest BCUT2D eigenvalue weighted by molar-refractivity contribution is 5.76. The van der Waals surface area contributed by atoms with E-state index in [0.29, 0.717) is 16.7 Å². The molecular weight excluding hydrogens is 210 g/mol. The van der Waals surface area contributed by atoms with Gasteiger partial charge in [0.1, 0.15) is 5.52 Å². The SMILES string of the molecule is COC(=O)Cc1cc2[nH]c(=O)cnc2cn1. The normalized spacial score (nSPS) is 10.3. The number of hydrogen-bond donors (Lipinski definition) is 1. The van der Waals surface area contributed by atoms with Crippen LogP contribution in [0.1, 0.15) is 5.69 Å². The van der Waals surface area contributed by atoms with Crippen molar-refractivity contribution in [3.8, 4) is 0 Å². The summed E-state index contributed by atoms with van der Waals surface area (Å²) in [5.41, 5.74) is 1.38. The summed E-state index contributed by atoms with van der Waals surface area (Å²) in [5, 5.41) is 0. The van der Waals surface area contributed by atoms with E-state index in [-0.39, 0.29) is 17.9 Å². The topological polar surface area (TPSA) is 84.9 Å². The molecule has 0 unspecified atom stereocenters. The lowest BCUT2D eigenvalue weighted by atomic mass is 10.2. The number of aromatic nitrogens is 3. The number of pyridine rings is 1. The molecule has 6 heteroatoms. The van der Waals surface area contributed by atoms with Gasteiger partial charge in [-0.2, -0.15) is 0 Å². The molecule has 0 aliphatic carbocycles. The quantitative estimate of drug-likeness (QED) is 0.720. The molecule has 2 aromatic rings. The van der Waals surface area contributed by atoms with Crippen LogP contribution in [0.2, 0.25) is 0 Å². The highest BCUT2D eigenvalue weighted by atomic mass is 16.5. The number of rotatable bonds is 2. The zero-order valence-electron chi connectivity index (χ0n) is 8.56. The van der Waals surface area contributed by atoms with Crippen molar-refractivity contribution >= 4 is 17.0 Å². The number of nitrogens with zero attached hydrogens (tertiary/aromatic N) is 2. The molecule has 0 amide bonds. The molecule has 2 aromatic heterocycles. The number of carbonyl (C=O) groups excluding carboxylic acids is 1. The molecule has 0 saturated heterocycles. The van der Waals surface area contributed by atoms with Gasteiger partial charge < -0.3 is 9.72 Å². The third-order valence-corrected chi connectivity index (χ3v) is 2.07. The van der Waals surface area contributed by atoms with Gasteiger partial charge in [-0.3, -0.25) is 14.6 Å². The van der Waals surface area contributed by atoms with E-state index in [2.05, 4.69) is 19.7 Å². The standard InChI is InChI=1S/C10H9N3O3/c1-16-10(15)3-6-2-7-8(4-11-6)12-5-9(14)13-7/h2,4-5H,3H2,1H3,(H,13,14). The van der Waals surface area contributed by atoms with Gasteiger partial charge in [0.2, 0.25) is 0 Å². The second-order valence-corrected chi connectivity index (χ2v) is 3.19. The van der Waals surface area contributed by atoms with Crippen molar-refractivity contribution < 1.29 is 9.53 Å². The molecule has 0 bridgehead atoms. The molecular formula is C10H9N3O3. The fraction of sp³-hybridized carbons (Fsp3) is 0.200. The first-order valence-electron chi connectivity index (χ1n) is 4.60. The van der Waals surface area contributed by atoms with Crippen molar-refractivity contribution in [2.24, 2.45) is 0 Å². The Kier molecular flexibility index (Phi) is 2.63. The van der Waals surface area contributed by atoms with Gasteiger partial charge in [0.25, 0.3) is 5.56 Å². The first-order chi connectivity index (χ1) is 7.69. The van der Waals surface area contributed by atoms with E-state index < -0.39 is 0 Å². The highest BCUT2D eigenvalue weighted by Crippen LogP contribution is 2.07. The fourth-order valence-corrected chi connectivity index (χ4v) is 1.30. The lowest BCUT2D eigenvalue weighted by Crippen LogP contribution is -2.08. The minimum Gasteiger partial charge on any atom is -0.469 e. The lowest BCUT2D eigenvalue weighted by Gasteiger charge is -2.00. The summed E-state index contributed by atoms with van der Waals surface area (Å²) in [7, 11) is 1.31. The zero-order valence-corrected chi connectivity index (χ0v) is 8.56. The molecule has 16 heavy (non-hydrogen) atoms. The van der Waals surface area contributed by atoms with Crippen molar-refractivity contribution in [3.63, 3.8) is 0 Å². The number of H-pyrrole nitrogens is 1. The molecule has 0 atom stereocenters. The van der Waals surface area contributed by atoms with Crippen LogP contribution in [0.25, 0.3) is 11.0 Å². The molecule has 6 nitrogen and oxygen atoms in total. The summed E-state index contributed by atoms with van der Waals surface area (Å²) in [6, 6.07) is 1.61. The van der Waals surface area contributed by atoms with Crippen LogP contribution in [0, 0.1) is 0 Å². The Morgan fingerprint density at radius 2 is 2.25 bits per heavy atom. The number of esters is 1. The summed E-state index contributed by atoms with van der Waals surface area (Å²) < 4.78 is 4.52. The Bertz CT molecular complexity index is 591. The lowest BCUT2D eigenvalue weighted by molar-refractivity contribution is -0.139. The Morgan fingerprint density at radius 1 is 1.44 bits per heavy atom. The number of methoxy groups -OCH3 is 1. The third kappa shape index (κ3) is 2.05. The summed E-state index contributed by atoms with van der Waals surface area (Å²) in [6.45, 7) is 0. The Hall–Kier alpha value is -2.24. The van der Waals surface area contributed by atoms with Crippen molar-refractivity contribution in [1.29, 1.82) is 0 Å². The van der Waals surface area contributed by atoms with E-state index in [1.165, 1.54) is 19.5 Å². The van der Waals surface area contributed by atoms with E-state index in [0.717, 1.165) is 0 Å². The molecule has 0 spiro atoms. The van der Waals surface area contributed by atoms with Crippen LogP contribution < -0.4 is 5.56 Å². The van der Waals surface area contributed by atoms with Gasteiger partial charge in [-0.05, 0) is 6.07 Å². The Morgan fingerprint density at radius 3 is 3.00 bits per heavy atom. The van der Waals surface area contributed by atoms with Crippen LogP contribution in [-0.4, -0.2) is 28.0 Å². The number of carbonyl (C=O) groups is 1. The van der Waals surface area contributed by atoms with E-state index in [9.17, 15) is 9.59 Å². The molecule has 2 heterocycles. The van der Waals surface area contributed by atoms with Crippen molar-refractivity contribution in [2.75, 3.05) is 7.11 Å². The maximum Gasteiger partial charge on any atom is 0.311 e. The predicted molar refractivity (Wildman–Crippen MR) is 55.9 cm³/mol. The van der Waals surface area contributed by atoms with Crippen LogP contribution in [0.3, 0.4) is 0 Å². The number of hydrogen-bond acceptors (Lipinski definition) is 5. The van der Waals surface area contributed by atoms with E-state index in [4.69, 9.17) is 0 Å². The zero-order chi connectivity index (χ0) is 11.5. The minimum atomic E-state index is -0.377. The number of aromatic amines is 1. The van der Waals surface area contributed by atoms with Crippen LogP contribution >= 0.6 is 0 Å². The fourth-order valence-electron chi connectivity index (χ4n) is 1.30. The average Bonchev–Trinajstić information content (AvgIpc) is 2.28. The number of fused-ring (bicyclic) bond motifs is 1. The van der Waals surface area contributed by atoms with Gasteiger partial charge in [-0.15, -0.1) is 0 Å². The maximum atomic E-state index is 11.0. The van der Waals surface area contributed by atoms with E-state index in [1.807, 2.05) is 0 Å². The molecule has 1 N–H and O–H groups in total. The largest absolute Gasteiger partial charge is 0.469 e. The molecule has 0 aliphatic heterocycles. The van der Waals surface area contributed by atoms with Crippen LogP contribution in [0.4, 0.5) is 0 Å². The van der Waals surface area contributed by atoms with Gasteiger partial charge >= 0.3 is 5.97 Å². The van der Waals surface area contributed by atoms with Gasteiger partial charge in [0.05, 0.1) is 37.1 Å². The second-order valence-electron chi connectivity index (χ2n) is 3.19. The van der Waals surface area contributed by atoms with Crippen molar-refractivity contribution in [1.82, 2.24) is 15.0 Å². The predicted octanol–water partition coefficient (Wildman–Crippen LogP) is 0.0336. The third-order valence-electron chi connectivity index (χ3n) is 2.07. The molecule has 0 aromatic carbocycles. The smallest absolute Gasteiger partial charge is 0.311 e. The molecule has 0 fully saturated rings. The maximum absolute atomic E-state index is 11.0. The van der Waals surface area contributed by atoms with Gasteiger partial charge in [0.15, 0.2) is 0 Å². The van der Waals surface area contributed by atoms with Crippen LogP contribution in [0.15, 0.2) is 23.3 Å². The van der Waals surface area contributed by atoms with Crippen LogP contribution in [-0.2, 0) is 16.0 Å². The van der Waals surface area contributed by atoms with Gasteiger partial charge in [-0.1, -0.05) is 0 Å². The van der Waals surface area contributed by atoms with Crippen molar-refractivity contribution in [2.45, 2.75) is 6.42 Å². The number of ether oxygens (including phenoxy) is 1. The highest BCUT2D eigenvalue weighted by Gasteiger charge is 2.05. The molecule has 2 rings (SSSR count). The summed E-state index contributed by atoms with van der Waals surface area (Å²) in [5.74, 6) is -0.377. The van der Waals surface area contributed by atoms with Gasteiger partial charge in [-0.25, -0.2) is 4.98 Å². The Balaban J connectivity index is 2.42. The minimum absolute atomic E-state index is 0.0728. The average molecular weight is 219 g/mol. The van der Waals surface area contributed by atoms with E-state index in [1.54, 1.807) is 6.07 Å². The Labute approximate surface area is 90.3 Å². The molecule has 0 saturated carbocycles. The van der Waals surface area contributed by atoms with Gasteiger partial charge in [0, 0.05) is 0 Å². The first kappa shape index (κ1) is 10.3. The second kappa shape index (κ2) is 4.09. The summed E-state index contributed by atoms with van der Waals surface area (Å²) in [4.78, 5) is 32.6. The summed E-state index contributed by atoms with van der Waals surface area (Å²) in [6.07, 6.45) is 2.76. The monoisotopic (exact) mass is 219 g/mol. The van der Waals surface area contributed by atoms with Crippen LogP contribution in [0.5, 0.6) is 0 Å². The molecule has 0 radical (unpaired) electrons. The first-order valence-corrected chi connectivity index (χ1v) is 4.60.